The van der Waals surface area contributed by atoms with Crippen molar-refractivity contribution >= 4 is 23.1 Å². The molecule has 174 valence electrons. The summed E-state index contributed by atoms with van der Waals surface area (Å²) in [7, 11) is -0.0507. The number of hydrogen-bond donors (Lipinski definition) is 1. The van der Waals surface area contributed by atoms with E-state index in [1.807, 2.05) is 6.92 Å². The fourth-order valence-corrected chi connectivity index (χ4v) is 11.7. The summed E-state index contributed by atoms with van der Waals surface area (Å²) in [6, 6.07) is 0.689. The Morgan fingerprint density at radius 1 is 0.931 bits per heavy atom. The van der Waals surface area contributed by atoms with Crippen LogP contribution in [0.5, 0.6) is 0 Å². The van der Waals surface area contributed by atoms with Crippen LogP contribution in [0.15, 0.2) is 0 Å². The van der Waals surface area contributed by atoms with Crippen LogP contribution in [-0.2, 0) is 22.5 Å². The third kappa shape index (κ3) is 7.72. The number of likely N-dealkylation sites (N-methyl/N-ethyl adjacent to an activating group) is 1. The highest BCUT2D eigenvalue weighted by Crippen LogP contribution is 2.43. The molecule has 7 nitrogen and oxygen atoms in total. The van der Waals surface area contributed by atoms with E-state index in [-0.39, 0.29) is 0 Å². The number of nitrogens with zero attached hydrogens (tertiary/aromatic N) is 1. The van der Waals surface area contributed by atoms with Gasteiger partial charge in [0, 0.05) is 33.9 Å². The van der Waals surface area contributed by atoms with E-state index in [1.165, 1.54) is 0 Å². The van der Waals surface area contributed by atoms with Crippen molar-refractivity contribution in [3.8, 4) is 0 Å². The summed E-state index contributed by atoms with van der Waals surface area (Å²) in [5, 5.41) is 9.91. The molecule has 0 amide bonds. The molecule has 9 heteroatoms. The topological polar surface area (TPSA) is 77.5 Å². The van der Waals surface area contributed by atoms with Crippen LogP contribution in [0, 0.1) is 0 Å². The van der Waals surface area contributed by atoms with Crippen molar-refractivity contribution < 1.29 is 27.6 Å². The lowest BCUT2D eigenvalue weighted by Crippen LogP contribution is -2.54. The van der Waals surface area contributed by atoms with E-state index in [4.69, 9.17) is 17.7 Å². The van der Waals surface area contributed by atoms with Crippen molar-refractivity contribution in [1.29, 1.82) is 0 Å². The standard InChI is InChI=1S/C20H45NO6Si2/c1-11-21(13-12-14-28(24-8,25-9)26-10)15-19(20(22)23)27-29(16(2)3,17(4)5)18(6)7/h16-19H,11-15H2,1-10H3,(H,22,23). The Bertz CT molecular complexity index is 442. The maximum atomic E-state index is 12.1. The van der Waals surface area contributed by atoms with Crippen LogP contribution in [0.1, 0.15) is 54.9 Å². The molecule has 29 heavy (non-hydrogen) atoms. The van der Waals surface area contributed by atoms with Crippen LogP contribution >= 0.6 is 0 Å². The molecule has 1 unspecified atom stereocenters. The highest BCUT2D eigenvalue weighted by Gasteiger charge is 2.48. The summed E-state index contributed by atoms with van der Waals surface area (Å²) in [6.07, 6.45) is -0.00801. The first-order chi connectivity index (χ1) is 13.5. The molecule has 0 aliphatic carbocycles. The molecule has 0 radical (unpaired) electrons. The van der Waals surface area contributed by atoms with E-state index in [0.29, 0.717) is 29.2 Å². The highest BCUT2D eigenvalue weighted by atomic mass is 28.4. The van der Waals surface area contributed by atoms with E-state index in [1.54, 1.807) is 21.3 Å². The Kier molecular flexibility index (Phi) is 13.1. The number of rotatable bonds is 16. The summed E-state index contributed by atoms with van der Waals surface area (Å²) in [5.74, 6) is -0.878. The van der Waals surface area contributed by atoms with E-state index in [0.717, 1.165) is 19.5 Å². The fraction of sp³-hybridized carbons (Fsp3) is 0.950. The highest BCUT2D eigenvalue weighted by molar-refractivity contribution is 6.77. The minimum absolute atomic E-state index is 0.344. The molecule has 0 spiro atoms. The Balaban J connectivity index is 5.27. The first-order valence-electron chi connectivity index (χ1n) is 10.7. The molecule has 0 aromatic heterocycles. The van der Waals surface area contributed by atoms with Crippen LogP contribution in [0.3, 0.4) is 0 Å². The Morgan fingerprint density at radius 3 is 1.69 bits per heavy atom. The van der Waals surface area contributed by atoms with Crippen LogP contribution < -0.4 is 0 Å². The molecule has 1 atom stereocenters. The van der Waals surface area contributed by atoms with Gasteiger partial charge in [0.1, 0.15) is 0 Å². The van der Waals surface area contributed by atoms with Gasteiger partial charge >= 0.3 is 14.8 Å². The van der Waals surface area contributed by atoms with Crippen molar-refractivity contribution in [3.63, 3.8) is 0 Å². The molecule has 0 aromatic rings. The van der Waals surface area contributed by atoms with Crippen molar-refractivity contribution in [2.45, 2.75) is 83.7 Å². The average Bonchev–Trinajstić information content (AvgIpc) is 2.66. The molecular weight excluding hydrogens is 406 g/mol. The maximum absolute atomic E-state index is 12.1. The summed E-state index contributed by atoms with van der Waals surface area (Å²) in [6.45, 7) is 17.0. The van der Waals surface area contributed by atoms with Gasteiger partial charge in [-0.15, -0.1) is 0 Å². The molecule has 1 N–H and O–H groups in total. The van der Waals surface area contributed by atoms with Crippen molar-refractivity contribution in [2.24, 2.45) is 0 Å². The van der Waals surface area contributed by atoms with E-state index in [2.05, 4.69) is 46.4 Å². The summed E-state index contributed by atoms with van der Waals surface area (Å²) in [4.78, 5) is 14.2. The second-order valence-corrected chi connectivity index (χ2v) is 17.1. The molecule has 0 fully saturated rings. The third-order valence-electron chi connectivity index (χ3n) is 6.09. The normalized spacial score (nSPS) is 14.4. The zero-order chi connectivity index (χ0) is 22.8. The Hall–Kier alpha value is -0.296. The molecule has 0 aromatic carbocycles. The first-order valence-corrected chi connectivity index (χ1v) is 14.8. The van der Waals surface area contributed by atoms with Crippen molar-refractivity contribution in [3.05, 3.63) is 0 Å². The number of carbonyl (C=O) groups is 1. The van der Waals surface area contributed by atoms with Gasteiger partial charge in [-0.1, -0.05) is 48.5 Å². The summed E-state index contributed by atoms with van der Waals surface area (Å²) in [5.41, 5.74) is 1.03. The van der Waals surface area contributed by atoms with Gasteiger partial charge in [0.2, 0.25) is 8.32 Å². The zero-order valence-corrected chi connectivity index (χ0v) is 22.3. The van der Waals surface area contributed by atoms with Gasteiger partial charge in [0.15, 0.2) is 6.10 Å². The molecule has 0 heterocycles. The van der Waals surface area contributed by atoms with Crippen molar-refractivity contribution in [2.75, 3.05) is 41.0 Å². The van der Waals surface area contributed by atoms with E-state index >= 15 is 0 Å². The van der Waals surface area contributed by atoms with Crippen LogP contribution in [0.2, 0.25) is 22.7 Å². The van der Waals surface area contributed by atoms with Crippen LogP contribution in [0.25, 0.3) is 0 Å². The average molecular weight is 452 g/mol. The van der Waals surface area contributed by atoms with Gasteiger partial charge in [0.05, 0.1) is 0 Å². The number of aliphatic carboxylic acids is 1. The minimum Gasteiger partial charge on any atom is -0.479 e. The Morgan fingerprint density at radius 2 is 1.38 bits per heavy atom. The maximum Gasteiger partial charge on any atom is 0.500 e. The minimum atomic E-state index is -2.61. The molecule has 0 rings (SSSR count). The lowest BCUT2D eigenvalue weighted by Gasteiger charge is -2.44. The number of hydrogen-bond acceptors (Lipinski definition) is 6. The molecular formula is C20H45NO6Si2. The van der Waals surface area contributed by atoms with Gasteiger partial charge in [0.25, 0.3) is 0 Å². The molecule has 0 saturated carbocycles. The smallest absolute Gasteiger partial charge is 0.479 e. The molecule has 0 aliphatic heterocycles. The van der Waals surface area contributed by atoms with Gasteiger partial charge in [-0.3, -0.25) is 0 Å². The zero-order valence-electron chi connectivity index (χ0n) is 20.3. The predicted octanol–water partition coefficient (Wildman–Crippen LogP) is 4.22. The molecule has 0 saturated heterocycles. The van der Waals surface area contributed by atoms with Gasteiger partial charge < -0.3 is 27.7 Å². The first kappa shape index (κ1) is 28.7. The van der Waals surface area contributed by atoms with Crippen LogP contribution in [-0.4, -0.2) is 80.2 Å². The Labute approximate surface area is 180 Å². The second kappa shape index (κ2) is 13.2. The van der Waals surface area contributed by atoms with Gasteiger partial charge in [-0.2, -0.15) is 0 Å². The van der Waals surface area contributed by atoms with E-state index < -0.39 is 29.2 Å². The summed E-state index contributed by atoms with van der Waals surface area (Å²) >= 11 is 0. The summed E-state index contributed by atoms with van der Waals surface area (Å²) < 4.78 is 23.0. The SMILES string of the molecule is CCN(CCC[Si](OC)(OC)OC)CC(O[Si](C(C)C)(C(C)C)C(C)C)C(=O)O. The lowest BCUT2D eigenvalue weighted by molar-refractivity contribution is -0.146. The van der Waals surface area contributed by atoms with E-state index in [9.17, 15) is 9.90 Å². The second-order valence-electron chi connectivity index (χ2n) is 8.55. The predicted molar refractivity (Wildman–Crippen MR) is 122 cm³/mol. The largest absolute Gasteiger partial charge is 0.500 e. The quantitative estimate of drug-likeness (QED) is 0.352. The van der Waals surface area contributed by atoms with Gasteiger partial charge in [-0.05, 0) is 36.1 Å². The monoisotopic (exact) mass is 451 g/mol. The van der Waals surface area contributed by atoms with Gasteiger partial charge in [-0.25, -0.2) is 4.79 Å². The molecule has 0 aliphatic rings. The third-order valence-corrected chi connectivity index (χ3v) is 15.0. The lowest BCUT2D eigenvalue weighted by atomic mass is 10.3. The molecule has 0 bridgehead atoms. The number of carboxylic acid groups (broad SMARTS) is 1. The van der Waals surface area contributed by atoms with Crippen LogP contribution in [0.4, 0.5) is 0 Å². The number of carboxylic acids is 1. The van der Waals surface area contributed by atoms with Crippen molar-refractivity contribution in [1.82, 2.24) is 4.90 Å². The fourth-order valence-electron chi connectivity index (χ4n) is 4.51.